The monoisotopic (exact) mass is 321 g/mol. The number of nitrogens with one attached hydrogen (secondary N) is 2. The van der Waals surface area contributed by atoms with Gasteiger partial charge in [-0.25, -0.2) is 4.39 Å². The van der Waals surface area contributed by atoms with Gasteiger partial charge in [0.2, 0.25) is 0 Å². The normalized spacial score (nSPS) is 14.6. The Labute approximate surface area is 131 Å². The Morgan fingerprint density at radius 1 is 1.41 bits per heavy atom. The van der Waals surface area contributed by atoms with Gasteiger partial charge in [0.25, 0.3) is 5.56 Å². The minimum absolute atomic E-state index is 0.117. The summed E-state index contributed by atoms with van der Waals surface area (Å²) in [6, 6.07) is 4.95. The second-order valence-electron chi connectivity index (χ2n) is 5.29. The van der Waals surface area contributed by atoms with E-state index in [1.165, 1.54) is 13.2 Å². The minimum Gasteiger partial charge on any atom is -0.494 e. The maximum Gasteiger partial charge on any atom is 0.255 e. The Balaban J connectivity index is 1.79. The molecule has 2 aromatic rings. The van der Waals surface area contributed by atoms with Crippen LogP contribution in [0.3, 0.4) is 0 Å². The van der Waals surface area contributed by atoms with Crippen LogP contribution in [0.1, 0.15) is 16.8 Å². The van der Waals surface area contributed by atoms with Crippen LogP contribution in [-0.2, 0) is 19.5 Å². The highest BCUT2D eigenvalue weighted by atomic mass is 32.1. The Kier molecular flexibility index (Phi) is 4.08. The minimum atomic E-state index is -0.367. The second-order valence-corrected chi connectivity index (χ2v) is 5.70. The van der Waals surface area contributed by atoms with E-state index in [0.29, 0.717) is 24.3 Å². The molecule has 7 heteroatoms. The van der Waals surface area contributed by atoms with Crippen LogP contribution in [0.4, 0.5) is 4.39 Å². The first-order chi connectivity index (χ1) is 10.6. The molecule has 0 unspecified atom stereocenters. The fraction of sp³-hybridized carbons (Fsp3) is 0.333. The predicted molar refractivity (Wildman–Crippen MR) is 83.0 cm³/mol. The number of aromatic nitrogens is 2. The van der Waals surface area contributed by atoms with Crippen LogP contribution >= 0.6 is 12.2 Å². The smallest absolute Gasteiger partial charge is 0.255 e. The summed E-state index contributed by atoms with van der Waals surface area (Å²) in [6.45, 7) is 1.94. The Bertz CT molecular complexity index is 815. The predicted octanol–water partition coefficient (Wildman–Crippen LogP) is 2.14. The Morgan fingerprint density at radius 2 is 2.23 bits per heavy atom. The number of nitrogens with zero attached hydrogens (tertiary/aromatic N) is 1. The van der Waals surface area contributed by atoms with Crippen molar-refractivity contribution in [3.05, 3.63) is 56.0 Å². The lowest BCUT2D eigenvalue weighted by Gasteiger charge is -2.27. The van der Waals surface area contributed by atoms with Gasteiger partial charge in [-0.3, -0.25) is 14.7 Å². The summed E-state index contributed by atoms with van der Waals surface area (Å²) >= 11 is 5.00. The number of halogens is 1. The zero-order valence-corrected chi connectivity index (χ0v) is 12.9. The Morgan fingerprint density at radius 3 is 2.95 bits per heavy atom. The molecule has 0 amide bonds. The van der Waals surface area contributed by atoms with E-state index in [-0.39, 0.29) is 17.1 Å². The molecule has 2 N–H and O–H groups in total. The molecule has 2 heterocycles. The molecule has 0 fully saturated rings. The number of methoxy groups -OCH3 is 1. The number of H-pyrrole nitrogens is 2. The van der Waals surface area contributed by atoms with Gasteiger partial charge in [0, 0.05) is 30.9 Å². The number of fused-ring (bicyclic) bond motifs is 1. The molecule has 1 aliphatic rings. The molecule has 1 aromatic heterocycles. The van der Waals surface area contributed by atoms with E-state index in [1.807, 2.05) is 6.07 Å². The maximum absolute atomic E-state index is 13.7. The summed E-state index contributed by atoms with van der Waals surface area (Å²) < 4.78 is 19.0. The summed E-state index contributed by atoms with van der Waals surface area (Å²) in [7, 11) is 1.44. The lowest BCUT2D eigenvalue weighted by Crippen LogP contribution is -2.34. The van der Waals surface area contributed by atoms with Gasteiger partial charge in [-0.2, -0.15) is 0 Å². The van der Waals surface area contributed by atoms with Crippen molar-refractivity contribution in [2.24, 2.45) is 0 Å². The molecule has 0 atom stereocenters. The van der Waals surface area contributed by atoms with E-state index in [4.69, 9.17) is 17.0 Å². The first-order valence-corrected chi connectivity index (χ1v) is 7.37. The van der Waals surface area contributed by atoms with Gasteiger partial charge in [-0.05, 0) is 36.3 Å². The van der Waals surface area contributed by atoms with Crippen molar-refractivity contribution < 1.29 is 9.13 Å². The van der Waals surface area contributed by atoms with Gasteiger partial charge in [-0.1, -0.05) is 6.07 Å². The number of ether oxygens (including phenoxy) is 1. The van der Waals surface area contributed by atoms with Crippen LogP contribution in [0, 0.1) is 10.6 Å². The van der Waals surface area contributed by atoms with Crippen molar-refractivity contribution in [2.75, 3.05) is 13.7 Å². The largest absolute Gasteiger partial charge is 0.494 e. The topological polar surface area (TPSA) is 61.1 Å². The molecule has 0 saturated carbocycles. The molecule has 1 aromatic carbocycles. The standard InChI is InChI=1S/C15H16FN3O2S/c1-21-13-3-2-9(6-11(13)16)7-19-5-4-10-12(8-19)17-15(22)18-14(10)20/h2-3,6H,4-5,7-8H2,1H3,(H2,17,18,20,22). The Hall–Kier alpha value is -1.99. The average Bonchev–Trinajstić information content (AvgIpc) is 2.47. The lowest BCUT2D eigenvalue weighted by atomic mass is 10.1. The van der Waals surface area contributed by atoms with E-state index < -0.39 is 0 Å². The van der Waals surface area contributed by atoms with Crippen molar-refractivity contribution in [3.8, 4) is 5.75 Å². The van der Waals surface area contributed by atoms with Crippen LogP contribution in [-0.4, -0.2) is 28.5 Å². The van der Waals surface area contributed by atoms with Gasteiger partial charge in [0.15, 0.2) is 16.3 Å². The van der Waals surface area contributed by atoms with Crippen LogP contribution in [0.25, 0.3) is 0 Å². The zero-order valence-electron chi connectivity index (χ0n) is 12.1. The summed E-state index contributed by atoms with van der Waals surface area (Å²) in [5.41, 5.74) is 2.35. The van der Waals surface area contributed by atoms with Crippen molar-refractivity contribution in [3.63, 3.8) is 0 Å². The van der Waals surface area contributed by atoms with E-state index >= 15 is 0 Å². The highest BCUT2D eigenvalue weighted by molar-refractivity contribution is 7.71. The highest BCUT2D eigenvalue weighted by Gasteiger charge is 2.19. The number of hydrogen-bond donors (Lipinski definition) is 2. The fourth-order valence-corrected chi connectivity index (χ4v) is 2.95. The van der Waals surface area contributed by atoms with Crippen molar-refractivity contribution in [1.29, 1.82) is 0 Å². The van der Waals surface area contributed by atoms with Crippen molar-refractivity contribution in [1.82, 2.24) is 14.9 Å². The highest BCUT2D eigenvalue weighted by Crippen LogP contribution is 2.21. The molecule has 0 bridgehead atoms. The quantitative estimate of drug-likeness (QED) is 0.850. The van der Waals surface area contributed by atoms with E-state index in [2.05, 4.69) is 14.9 Å². The molecule has 3 rings (SSSR count). The zero-order chi connectivity index (χ0) is 15.7. The third-order valence-corrected chi connectivity index (χ3v) is 4.02. The van der Waals surface area contributed by atoms with Crippen LogP contribution in [0.2, 0.25) is 0 Å². The van der Waals surface area contributed by atoms with Gasteiger partial charge < -0.3 is 9.72 Å². The molecule has 5 nitrogen and oxygen atoms in total. The third kappa shape index (κ3) is 2.95. The summed E-state index contributed by atoms with van der Waals surface area (Å²) in [5.74, 6) is -0.128. The molecule has 1 aliphatic heterocycles. The lowest BCUT2D eigenvalue weighted by molar-refractivity contribution is 0.240. The molecule has 0 spiro atoms. The SMILES string of the molecule is COc1ccc(CN2CCc3c([nH]c(=S)[nH]c3=O)C2)cc1F. The van der Waals surface area contributed by atoms with Crippen molar-refractivity contribution >= 4 is 12.2 Å². The summed E-state index contributed by atoms with van der Waals surface area (Å²) in [5, 5.41) is 0. The summed E-state index contributed by atoms with van der Waals surface area (Å²) in [4.78, 5) is 19.6. The maximum atomic E-state index is 13.7. The van der Waals surface area contributed by atoms with Crippen molar-refractivity contribution in [2.45, 2.75) is 19.5 Å². The molecule has 116 valence electrons. The van der Waals surface area contributed by atoms with E-state index in [1.54, 1.807) is 6.07 Å². The van der Waals surface area contributed by atoms with Crippen LogP contribution in [0.15, 0.2) is 23.0 Å². The second kappa shape index (κ2) is 6.02. The number of hydrogen-bond acceptors (Lipinski definition) is 4. The molecular weight excluding hydrogens is 305 g/mol. The third-order valence-electron chi connectivity index (χ3n) is 3.81. The van der Waals surface area contributed by atoms with Gasteiger partial charge in [-0.15, -0.1) is 0 Å². The first-order valence-electron chi connectivity index (χ1n) is 6.96. The molecule has 0 aliphatic carbocycles. The average molecular weight is 321 g/mol. The van der Waals surface area contributed by atoms with Crippen LogP contribution in [0.5, 0.6) is 5.75 Å². The summed E-state index contributed by atoms with van der Waals surface area (Å²) in [6.07, 6.45) is 0.648. The molecule has 22 heavy (non-hydrogen) atoms. The fourth-order valence-electron chi connectivity index (χ4n) is 2.73. The van der Waals surface area contributed by atoms with Gasteiger partial charge >= 0.3 is 0 Å². The van der Waals surface area contributed by atoms with Gasteiger partial charge in [0.1, 0.15) is 0 Å². The number of rotatable bonds is 3. The van der Waals surface area contributed by atoms with E-state index in [0.717, 1.165) is 23.4 Å². The molecule has 0 radical (unpaired) electrons. The number of benzene rings is 1. The molecular formula is C15H16FN3O2S. The number of aromatic amines is 2. The van der Waals surface area contributed by atoms with Crippen LogP contribution < -0.4 is 10.3 Å². The first kappa shape index (κ1) is 14.9. The van der Waals surface area contributed by atoms with Gasteiger partial charge in [0.05, 0.1) is 7.11 Å². The van der Waals surface area contributed by atoms with E-state index in [9.17, 15) is 9.18 Å². The molecule has 0 saturated heterocycles.